The van der Waals surface area contributed by atoms with Gasteiger partial charge in [-0.3, -0.25) is 0 Å². The van der Waals surface area contributed by atoms with Gasteiger partial charge in [-0.2, -0.15) is 15.0 Å². The Morgan fingerprint density at radius 1 is 1.32 bits per heavy atom. The zero-order chi connectivity index (χ0) is 13.7. The Morgan fingerprint density at radius 3 is 2.79 bits per heavy atom. The molecule has 7 nitrogen and oxygen atoms in total. The normalized spacial score (nSPS) is 10.3. The topological polar surface area (TPSA) is 76.3 Å². The number of furan rings is 1. The maximum atomic E-state index is 5.51. The summed E-state index contributed by atoms with van der Waals surface area (Å²) in [5, 5.41) is 3.04. The van der Waals surface area contributed by atoms with E-state index in [0.717, 1.165) is 12.3 Å². The third kappa shape index (κ3) is 3.57. The minimum Gasteiger partial charge on any atom is -0.466 e. The Labute approximate surface area is 111 Å². The Kier molecular flexibility index (Phi) is 4.17. The van der Waals surface area contributed by atoms with Crippen molar-refractivity contribution in [3.05, 3.63) is 24.2 Å². The monoisotopic (exact) mass is 263 g/mol. The second kappa shape index (κ2) is 6.03. The highest BCUT2D eigenvalue weighted by Gasteiger charge is 2.09. The molecule has 0 spiro atoms. The van der Waals surface area contributed by atoms with Gasteiger partial charge in [0.05, 0.1) is 6.26 Å². The molecule has 19 heavy (non-hydrogen) atoms. The first-order chi connectivity index (χ1) is 9.19. The van der Waals surface area contributed by atoms with Crippen molar-refractivity contribution in [2.24, 2.45) is 0 Å². The van der Waals surface area contributed by atoms with Crippen LogP contribution in [-0.4, -0.2) is 35.6 Å². The molecule has 0 aliphatic heterocycles. The highest BCUT2D eigenvalue weighted by atomic mass is 16.5. The summed E-state index contributed by atoms with van der Waals surface area (Å²) in [7, 11) is 3.72. The lowest BCUT2D eigenvalue weighted by atomic mass is 10.5. The van der Waals surface area contributed by atoms with Crippen molar-refractivity contribution in [2.75, 3.05) is 30.9 Å². The molecule has 7 heteroatoms. The largest absolute Gasteiger partial charge is 0.466 e. The standard InChI is InChI=1S/C12H17N5O2/c1-4-13-10-14-11(17(2)3)16-12(15-10)19-8-9-6-5-7-18-9/h5-7H,4,8H2,1-3H3,(H,13,14,15,16). The Hall–Kier alpha value is -2.31. The number of hydrogen-bond acceptors (Lipinski definition) is 7. The summed E-state index contributed by atoms with van der Waals surface area (Å²) in [4.78, 5) is 14.4. The van der Waals surface area contributed by atoms with Gasteiger partial charge in [0.25, 0.3) is 0 Å². The molecule has 102 valence electrons. The van der Waals surface area contributed by atoms with Crippen molar-refractivity contribution in [3.63, 3.8) is 0 Å². The third-order valence-corrected chi connectivity index (χ3v) is 2.26. The van der Waals surface area contributed by atoms with Crippen LogP contribution in [0.15, 0.2) is 22.8 Å². The molecule has 0 fully saturated rings. The third-order valence-electron chi connectivity index (χ3n) is 2.26. The van der Waals surface area contributed by atoms with Gasteiger partial charge in [-0.1, -0.05) is 0 Å². The predicted molar refractivity (Wildman–Crippen MR) is 71.4 cm³/mol. The van der Waals surface area contributed by atoms with Crippen molar-refractivity contribution >= 4 is 11.9 Å². The van der Waals surface area contributed by atoms with Crippen LogP contribution in [0, 0.1) is 0 Å². The minimum atomic E-state index is 0.269. The van der Waals surface area contributed by atoms with Gasteiger partial charge in [-0.15, -0.1) is 0 Å². The Balaban J connectivity index is 2.13. The first-order valence-corrected chi connectivity index (χ1v) is 6.01. The number of rotatable bonds is 6. The molecule has 0 aliphatic rings. The van der Waals surface area contributed by atoms with Crippen LogP contribution in [0.2, 0.25) is 0 Å². The zero-order valence-corrected chi connectivity index (χ0v) is 11.3. The van der Waals surface area contributed by atoms with E-state index in [1.807, 2.05) is 27.1 Å². The lowest BCUT2D eigenvalue weighted by Gasteiger charge is -2.12. The summed E-state index contributed by atoms with van der Waals surface area (Å²) in [5.74, 6) is 1.76. The molecule has 0 aliphatic carbocycles. The molecule has 0 unspecified atom stereocenters. The van der Waals surface area contributed by atoms with E-state index < -0.39 is 0 Å². The summed E-state index contributed by atoms with van der Waals surface area (Å²) < 4.78 is 10.7. The molecule has 2 aromatic rings. The van der Waals surface area contributed by atoms with Crippen LogP contribution in [0.4, 0.5) is 11.9 Å². The van der Waals surface area contributed by atoms with Crippen LogP contribution in [0.3, 0.4) is 0 Å². The van der Waals surface area contributed by atoms with E-state index in [2.05, 4.69) is 20.3 Å². The highest BCUT2D eigenvalue weighted by Crippen LogP contribution is 2.14. The average Bonchev–Trinajstić information content (AvgIpc) is 2.89. The van der Waals surface area contributed by atoms with E-state index in [0.29, 0.717) is 11.9 Å². The van der Waals surface area contributed by atoms with Gasteiger partial charge in [0.2, 0.25) is 11.9 Å². The highest BCUT2D eigenvalue weighted by molar-refractivity contribution is 5.36. The van der Waals surface area contributed by atoms with Crippen molar-refractivity contribution in [1.29, 1.82) is 0 Å². The quantitative estimate of drug-likeness (QED) is 0.847. The number of nitrogens with zero attached hydrogens (tertiary/aromatic N) is 4. The van der Waals surface area contributed by atoms with E-state index in [-0.39, 0.29) is 12.6 Å². The number of anilines is 2. The van der Waals surface area contributed by atoms with Gasteiger partial charge in [-0.25, -0.2) is 0 Å². The fourth-order valence-electron chi connectivity index (χ4n) is 1.38. The molecule has 0 bridgehead atoms. The SMILES string of the molecule is CCNc1nc(OCc2ccco2)nc(N(C)C)n1. The Bertz CT molecular complexity index is 513. The fraction of sp³-hybridized carbons (Fsp3) is 0.417. The molecule has 0 saturated heterocycles. The second-order valence-corrected chi connectivity index (χ2v) is 4.03. The van der Waals surface area contributed by atoms with Gasteiger partial charge >= 0.3 is 6.01 Å². The lowest BCUT2D eigenvalue weighted by Crippen LogP contribution is -2.16. The van der Waals surface area contributed by atoms with E-state index in [9.17, 15) is 0 Å². The van der Waals surface area contributed by atoms with Crippen LogP contribution < -0.4 is 15.0 Å². The van der Waals surface area contributed by atoms with Crippen LogP contribution in [0.1, 0.15) is 12.7 Å². The van der Waals surface area contributed by atoms with E-state index in [1.54, 1.807) is 17.2 Å². The molecular formula is C12H17N5O2. The van der Waals surface area contributed by atoms with Gasteiger partial charge < -0.3 is 19.4 Å². The summed E-state index contributed by atoms with van der Waals surface area (Å²) in [6, 6.07) is 3.91. The fourth-order valence-corrected chi connectivity index (χ4v) is 1.38. The van der Waals surface area contributed by atoms with Gasteiger partial charge in [-0.05, 0) is 19.1 Å². The first-order valence-electron chi connectivity index (χ1n) is 6.01. The summed E-state index contributed by atoms with van der Waals surface area (Å²) >= 11 is 0. The van der Waals surface area contributed by atoms with E-state index >= 15 is 0 Å². The molecule has 2 rings (SSSR count). The minimum absolute atomic E-state index is 0.269. The molecule has 0 atom stereocenters. The molecule has 0 aromatic carbocycles. The average molecular weight is 263 g/mol. The van der Waals surface area contributed by atoms with Crippen LogP contribution in [-0.2, 0) is 6.61 Å². The number of aromatic nitrogens is 3. The summed E-state index contributed by atoms with van der Waals surface area (Å²) in [5.41, 5.74) is 0. The molecule has 0 radical (unpaired) electrons. The molecule has 1 N–H and O–H groups in total. The van der Waals surface area contributed by atoms with Crippen LogP contribution in [0.25, 0.3) is 0 Å². The number of hydrogen-bond donors (Lipinski definition) is 1. The van der Waals surface area contributed by atoms with Crippen molar-refractivity contribution < 1.29 is 9.15 Å². The van der Waals surface area contributed by atoms with Crippen molar-refractivity contribution in [3.8, 4) is 6.01 Å². The van der Waals surface area contributed by atoms with Gasteiger partial charge in [0, 0.05) is 20.6 Å². The molecule has 2 aromatic heterocycles. The smallest absolute Gasteiger partial charge is 0.323 e. The predicted octanol–water partition coefficient (Wildman–Crippen LogP) is 1.54. The molecular weight excluding hydrogens is 246 g/mol. The lowest BCUT2D eigenvalue weighted by molar-refractivity contribution is 0.250. The van der Waals surface area contributed by atoms with E-state index in [1.165, 1.54) is 0 Å². The van der Waals surface area contributed by atoms with Crippen LogP contribution >= 0.6 is 0 Å². The van der Waals surface area contributed by atoms with Gasteiger partial charge in [0.15, 0.2) is 0 Å². The second-order valence-electron chi connectivity index (χ2n) is 4.03. The molecule has 0 amide bonds. The first kappa shape index (κ1) is 13.1. The summed E-state index contributed by atoms with van der Waals surface area (Å²) in [6.07, 6.45) is 1.60. The maximum absolute atomic E-state index is 5.51. The molecule has 0 saturated carbocycles. The number of ether oxygens (including phenoxy) is 1. The summed E-state index contributed by atoms with van der Waals surface area (Å²) in [6.45, 7) is 2.99. The molecule has 2 heterocycles. The van der Waals surface area contributed by atoms with E-state index in [4.69, 9.17) is 9.15 Å². The van der Waals surface area contributed by atoms with Crippen molar-refractivity contribution in [2.45, 2.75) is 13.5 Å². The van der Waals surface area contributed by atoms with Crippen LogP contribution in [0.5, 0.6) is 6.01 Å². The van der Waals surface area contributed by atoms with Gasteiger partial charge in [0.1, 0.15) is 12.4 Å². The zero-order valence-electron chi connectivity index (χ0n) is 11.3. The Morgan fingerprint density at radius 2 is 2.16 bits per heavy atom. The maximum Gasteiger partial charge on any atom is 0.323 e. The number of nitrogens with one attached hydrogen (secondary N) is 1. The van der Waals surface area contributed by atoms with Crippen molar-refractivity contribution in [1.82, 2.24) is 15.0 Å².